The lowest BCUT2D eigenvalue weighted by molar-refractivity contribution is -0.119. The Balaban J connectivity index is 1.75. The number of aliphatic imine (C=N–C) groups is 1. The first-order chi connectivity index (χ1) is 12.7. The maximum atomic E-state index is 12.0. The van der Waals surface area contributed by atoms with Crippen LogP contribution in [0.4, 0.5) is 0 Å². The fraction of sp³-hybridized carbons (Fsp3) is 0.333. The summed E-state index contributed by atoms with van der Waals surface area (Å²) in [6.07, 6.45) is 0.827. The smallest absolute Gasteiger partial charge is 0.239 e. The third kappa shape index (κ3) is 7.38. The molecule has 0 atom stereocenters. The van der Waals surface area contributed by atoms with Crippen molar-refractivity contribution in [3.63, 3.8) is 0 Å². The van der Waals surface area contributed by atoms with Gasteiger partial charge in [-0.15, -0.1) is 0 Å². The van der Waals surface area contributed by atoms with Crippen molar-refractivity contribution in [2.45, 2.75) is 26.8 Å². The summed E-state index contributed by atoms with van der Waals surface area (Å²) in [5, 5.41) is 9.17. The molecule has 2 aromatic carbocycles. The Morgan fingerprint density at radius 2 is 1.73 bits per heavy atom. The van der Waals surface area contributed by atoms with Crippen LogP contribution in [-0.2, 0) is 17.8 Å². The Hall–Kier alpha value is -2.82. The van der Waals surface area contributed by atoms with E-state index in [9.17, 15) is 4.79 Å². The third-order valence-electron chi connectivity index (χ3n) is 3.84. The lowest BCUT2D eigenvalue weighted by atomic mass is 10.1. The van der Waals surface area contributed by atoms with E-state index in [1.54, 1.807) is 0 Å². The van der Waals surface area contributed by atoms with Crippen LogP contribution in [0, 0.1) is 6.92 Å². The first-order valence-electron chi connectivity index (χ1n) is 9.05. The zero-order chi connectivity index (χ0) is 18.6. The van der Waals surface area contributed by atoms with E-state index in [1.807, 2.05) is 31.2 Å². The van der Waals surface area contributed by atoms with E-state index in [0.717, 1.165) is 18.5 Å². The maximum Gasteiger partial charge on any atom is 0.239 e. The summed E-state index contributed by atoms with van der Waals surface area (Å²) in [4.78, 5) is 16.5. The number of benzene rings is 2. The van der Waals surface area contributed by atoms with E-state index in [4.69, 9.17) is 0 Å². The summed E-state index contributed by atoms with van der Waals surface area (Å²) in [5.41, 5.74) is 3.58. The molecule has 2 rings (SSSR count). The van der Waals surface area contributed by atoms with Crippen molar-refractivity contribution in [2.24, 2.45) is 4.99 Å². The van der Waals surface area contributed by atoms with Crippen molar-refractivity contribution in [3.8, 4) is 0 Å². The van der Waals surface area contributed by atoms with E-state index in [0.29, 0.717) is 19.0 Å². The average molecular weight is 352 g/mol. The Morgan fingerprint density at radius 1 is 0.962 bits per heavy atom. The van der Waals surface area contributed by atoms with Crippen molar-refractivity contribution in [3.05, 3.63) is 71.3 Å². The normalized spacial score (nSPS) is 11.1. The highest BCUT2D eigenvalue weighted by Crippen LogP contribution is 2.04. The van der Waals surface area contributed by atoms with Gasteiger partial charge >= 0.3 is 0 Å². The summed E-state index contributed by atoms with van der Waals surface area (Å²) in [5.74, 6) is 0.606. The number of carbonyl (C=O) groups excluding carboxylic acids is 1. The minimum atomic E-state index is -0.0397. The van der Waals surface area contributed by atoms with Crippen LogP contribution in [0.25, 0.3) is 0 Å². The van der Waals surface area contributed by atoms with Gasteiger partial charge in [-0.3, -0.25) is 4.79 Å². The Labute approximate surface area is 155 Å². The highest BCUT2D eigenvalue weighted by molar-refractivity contribution is 5.86. The van der Waals surface area contributed by atoms with E-state index < -0.39 is 0 Å². The molecule has 5 heteroatoms. The SMILES string of the molecule is CCNC(=NCc1cccc(C)c1)NCC(=O)NCCc1ccccc1. The topological polar surface area (TPSA) is 65.5 Å². The predicted octanol–water partition coefficient (Wildman–Crippen LogP) is 2.41. The predicted molar refractivity (Wildman–Crippen MR) is 107 cm³/mol. The van der Waals surface area contributed by atoms with Crippen LogP contribution in [0.3, 0.4) is 0 Å². The van der Waals surface area contributed by atoms with Crippen LogP contribution in [0.1, 0.15) is 23.6 Å². The summed E-state index contributed by atoms with van der Waals surface area (Å²) >= 11 is 0. The van der Waals surface area contributed by atoms with Crippen LogP contribution in [-0.4, -0.2) is 31.5 Å². The van der Waals surface area contributed by atoms with Crippen molar-refractivity contribution in [1.82, 2.24) is 16.0 Å². The van der Waals surface area contributed by atoms with E-state index in [2.05, 4.69) is 58.2 Å². The van der Waals surface area contributed by atoms with Crippen molar-refractivity contribution in [2.75, 3.05) is 19.6 Å². The highest BCUT2D eigenvalue weighted by Gasteiger charge is 2.03. The molecule has 0 aliphatic rings. The Morgan fingerprint density at radius 3 is 2.46 bits per heavy atom. The molecule has 0 bridgehead atoms. The average Bonchev–Trinajstić information content (AvgIpc) is 2.65. The number of nitrogens with one attached hydrogen (secondary N) is 3. The molecule has 138 valence electrons. The minimum absolute atomic E-state index is 0.0397. The molecule has 0 fully saturated rings. The molecule has 0 spiro atoms. The largest absolute Gasteiger partial charge is 0.357 e. The van der Waals surface area contributed by atoms with E-state index in [-0.39, 0.29) is 12.5 Å². The molecule has 2 aromatic rings. The van der Waals surface area contributed by atoms with Crippen LogP contribution >= 0.6 is 0 Å². The molecule has 1 amide bonds. The van der Waals surface area contributed by atoms with Crippen molar-refractivity contribution >= 4 is 11.9 Å². The zero-order valence-corrected chi connectivity index (χ0v) is 15.6. The number of nitrogens with zero attached hydrogens (tertiary/aromatic N) is 1. The van der Waals surface area contributed by atoms with Gasteiger partial charge in [0.25, 0.3) is 0 Å². The number of guanidine groups is 1. The van der Waals surface area contributed by atoms with Crippen LogP contribution in [0.15, 0.2) is 59.6 Å². The van der Waals surface area contributed by atoms with Gasteiger partial charge < -0.3 is 16.0 Å². The Bertz CT molecular complexity index is 713. The van der Waals surface area contributed by atoms with Gasteiger partial charge in [-0.1, -0.05) is 60.2 Å². The van der Waals surface area contributed by atoms with Gasteiger partial charge in [0.15, 0.2) is 5.96 Å². The van der Waals surface area contributed by atoms with E-state index >= 15 is 0 Å². The first kappa shape index (κ1) is 19.5. The quantitative estimate of drug-likeness (QED) is 0.505. The van der Waals surface area contributed by atoms with Crippen LogP contribution in [0.5, 0.6) is 0 Å². The molecule has 0 heterocycles. The lowest BCUT2D eigenvalue weighted by Gasteiger charge is -2.11. The number of aryl methyl sites for hydroxylation is 1. The molecule has 0 aliphatic carbocycles. The summed E-state index contributed by atoms with van der Waals surface area (Å²) in [6.45, 7) is 6.22. The number of carbonyl (C=O) groups is 1. The third-order valence-corrected chi connectivity index (χ3v) is 3.84. The zero-order valence-electron chi connectivity index (χ0n) is 15.6. The highest BCUT2D eigenvalue weighted by atomic mass is 16.1. The second-order valence-electron chi connectivity index (χ2n) is 6.12. The monoisotopic (exact) mass is 352 g/mol. The van der Waals surface area contributed by atoms with E-state index in [1.165, 1.54) is 11.1 Å². The molecular formula is C21H28N4O. The Kier molecular flexibility index (Phi) is 8.19. The summed E-state index contributed by atoms with van der Waals surface area (Å²) in [6, 6.07) is 18.4. The van der Waals surface area contributed by atoms with Crippen molar-refractivity contribution in [1.29, 1.82) is 0 Å². The molecule has 0 aromatic heterocycles. The van der Waals surface area contributed by atoms with Crippen LogP contribution < -0.4 is 16.0 Å². The number of rotatable bonds is 8. The molecule has 0 saturated heterocycles. The van der Waals surface area contributed by atoms with Gasteiger partial charge in [0.1, 0.15) is 0 Å². The van der Waals surface area contributed by atoms with Crippen molar-refractivity contribution < 1.29 is 4.79 Å². The number of hydrogen-bond donors (Lipinski definition) is 3. The van der Waals surface area contributed by atoms with Gasteiger partial charge in [-0.05, 0) is 31.4 Å². The first-order valence-corrected chi connectivity index (χ1v) is 9.05. The second-order valence-corrected chi connectivity index (χ2v) is 6.12. The standard InChI is InChI=1S/C21H28N4O/c1-3-22-21(24-15-19-11-7-8-17(2)14-19)25-16-20(26)23-13-12-18-9-5-4-6-10-18/h4-11,14H,3,12-13,15-16H2,1-2H3,(H,23,26)(H2,22,24,25). The van der Waals surface area contributed by atoms with Gasteiger partial charge in [0.05, 0.1) is 13.1 Å². The molecule has 26 heavy (non-hydrogen) atoms. The number of amides is 1. The lowest BCUT2D eigenvalue weighted by Crippen LogP contribution is -2.43. The molecule has 0 radical (unpaired) electrons. The fourth-order valence-corrected chi connectivity index (χ4v) is 2.54. The molecular weight excluding hydrogens is 324 g/mol. The molecule has 0 saturated carbocycles. The maximum absolute atomic E-state index is 12.0. The molecule has 0 unspecified atom stereocenters. The molecule has 5 nitrogen and oxygen atoms in total. The number of hydrogen-bond acceptors (Lipinski definition) is 2. The molecule has 0 aliphatic heterocycles. The van der Waals surface area contributed by atoms with Gasteiger partial charge in [0.2, 0.25) is 5.91 Å². The van der Waals surface area contributed by atoms with Crippen LogP contribution in [0.2, 0.25) is 0 Å². The summed E-state index contributed by atoms with van der Waals surface area (Å²) < 4.78 is 0. The minimum Gasteiger partial charge on any atom is -0.357 e. The summed E-state index contributed by atoms with van der Waals surface area (Å²) in [7, 11) is 0. The fourth-order valence-electron chi connectivity index (χ4n) is 2.54. The van der Waals surface area contributed by atoms with Gasteiger partial charge in [-0.25, -0.2) is 4.99 Å². The second kappa shape index (κ2) is 10.9. The molecule has 3 N–H and O–H groups in total. The van der Waals surface area contributed by atoms with Gasteiger partial charge in [-0.2, -0.15) is 0 Å². The van der Waals surface area contributed by atoms with Gasteiger partial charge in [0, 0.05) is 13.1 Å².